The van der Waals surface area contributed by atoms with Crippen molar-refractivity contribution in [2.75, 3.05) is 14.2 Å². The van der Waals surface area contributed by atoms with Gasteiger partial charge in [0.15, 0.2) is 6.29 Å². The van der Waals surface area contributed by atoms with Gasteiger partial charge in [0, 0.05) is 19.8 Å². The second-order valence-corrected chi connectivity index (χ2v) is 4.45. The molecular formula is C14H21NO3. The second kappa shape index (κ2) is 7.13. The zero-order chi connectivity index (χ0) is 13.5. The Labute approximate surface area is 108 Å². The molecule has 0 spiro atoms. The number of hydrogen-bond donors (Lipinski definition) is 1. The molecule has 0 unspecified atom stereocenters. The van der Waals surface area contributed by atoms with Gasteiger partial charge in [0.2, 0.25) is 0 Å². The maximum Gasteiger partial charge on any atom is 0.251 e. The molecule has 0 aromatic heterocycles. The Kier molecular flexibility index (Phi) is 5.82. The van der Waals surface area contributed by atoms with Crippen LogP contribution in [0.15, 0.2) is 30.3 Å². The number of carbonyl (C=O) groups is 1. The lowest BCUT2D eigenvalue weighted by atomic mass is 10.0. The summed E-state index contributed by atoms with van der Waals surface area (Å²) in [6.45, 7) is 4.03. The van der Waals surface area contributed by atoms with Crippen LogP contribution in [0, 0.1) is 5.92 Å². The van der Waals surface area contributed by atoms with E-state index in [0.717, 1.165) is 0 Å². The number of nitrogens with one attached hydrogen (secondary N) is 1. The quantitative estimate of drug-likeness (QED) is 0.787. The van der Waals surface area contributed by atoms with Crippen LogP contribution in [0.3, 0.4) is 0 Å². The zero-order valence-electron chi connectivity index (χ0n) is 11.3. The molecule has 1 aromatic carbocycles. The fourth-order valence-electron chi connectivity index (χ4n) is 1.76. The Bertz CT molecular complexity index is 361. The Hall–Kier alpha value is -1.39. The van der Waals surface area contributed by atoms with E-state index in [9.17, 15) is 4.79 Å². The lowest BCUT2D eigenvalue weighted by Gasteiger charge is -2.28. The summed E-state index contributed by atoms with van der Waals surface area (Å²) in [6.07, 6.45) is -0.447. The van der Waals surface area contributed by atoms with E-state index in [1.54, 1.807) is 26.4 Å². The van der Waals surface area contributed by atoms with Crippen molar-refractivity contribution >= 4 is 5.91 Å². The van der Waals surface area contributed by atoms with E-state index in [4.69, 9.17) is 9.47 Å². The van der Waals surface area contributed by atoms with Crippen LogP contribution in [0.1, 0.15) is 24.2 Å². The minimum absolute atomic E-state index is 0.117. The minimum atomic E-state index is -0.447. The van der Waals surface area contributed by atoms with Gasteiger partial charge in [0.05, 0.1) is 6.04 Å². The number of carbonyl (C=O) groups excluding carboxylic acids is 1. The van der Waals surface area contributed by atoms with Crippen molar-refractivity contribution < 1.29 is 14.3 Å². The van der Waals surface area contributed by atoms with Crippen LogP contribution < -0.4 is 5.32 Å². The predicted molar refractivity (Wildman–Crippen MR) is 70.3 cm³/mol. The summed E-state index contributed by atoms with van der Waals surface area (Å²) in [5.74, 6) is 0.0935. The molecule has 1 rings (SSSR count). The highest BCUT2D eigenvalue weighted by molar-refractivity contribution is 5.94. The van der Waals surface area contributed by atoms with Gasteiger partial charge >= 0.3 is 0 Å². The monoisotopic (exact) mass is 251 g/mol. The lowest BCUT2D eigenvalue weighted by Crippen LogP contribution is -2.48. The molecule has 1 aromatic rings. The summed E-state index contributed by atoms with van der Waals surface area (Å²) in [5, 5.41) is 2.95. The van der Waals surface area contributed by atoms with Gasteiger partial charge < -0.3 is 14.8 Å². The number of methoxy groups -OCH3 is 2. The topological polar surface area (TPSA) is 47.6 Å². The Morgan fingerprint density at radius 3 is 2.11 bits per heavy atom. The van der Waals surface area contributed by atoms with E-state index in [-0.39, 0.29) is 17.9 Å². The second-order valence-electron chi connectivity index (χ2n) is 4.45. The highest BCUT2D eigenvalue weighted by atomic mass is 16.7. The molecule has 1 N–H and O–H groups in total. The van der Waals surface area contributed by atoms with Crippen molar-refractivity contribution in [3.8, 4) is 0 Å². The third-order valence-electron chi connectivity index (χ3n) is 2.81. The molecule has 0 bridgehead atoms. The molecule has 4 heteroatoms. The van der Waals surface area contributed by atoms with Crippen LogP contribution in [-0.4, -0.2) is 32.5 Å². The molecule has 0 aliphatic heterocycles. The van der Waals surface area contributed by atoms with Crippen LogP contribution in [-0.2, 0) is 9.47 Å². The van der Waals surface area contributed by atoms with Gasteiger partial charge in [-0.1, -0.05) is 32.0 Å². The molecule has 0 aliphatic carbocycles. The van der Waals surface area contributed by atoms with E-state index >= 15 is 0 Å². The largest absolute Gasteiger partial charge is 0.354 e. The number of rotatable bonds is 6. The first-order valence-corrected chi connectivity index (χ1v) is 6.01. The van der Waals surface area contributed by atoms with Crippen molar-refractivity contribution in [3.63, 3.8) is 0 Å². The third-order valence-corrected chi connectivity index (χ3v) is 2.81. The first-order valence-electron chi connectivity index (χ1n) is 6.01. The summed E-state index contributed by atoms with van der Waals surface area (Å²) in [5.41, 5.74) is 0.633. The zero-order valence-corrected chi connectivity index (χ0v) is 11.3. The van der Waals surface area contributed by atoms with Gasteiger partial charge in [0.1, 0.15) is 0 Å². The van der Waals surface area contributed by atoms with Gasteiger partial charge in [-0.15, -0.1) is 0 Å². The van der Waals surface area contributed by atoms with Crippen LogP contribution in [0.4, 0.5) is 0 Å². The highest BCUT2D eigenvalue weighted by Gasteiger charge is 2.26. The van der Waals surface area contributed by atoms with E-state index < -0.39 is 6.29 Å². The number of amides is 1. The first kappa shape index (κ1) is 14.7. The molecule has 18 heavy (non-hydrogen) atoms. The fraction of sp³-hybridized carbons (Fsp3) is 0.500. The molecule has 4 nitrogen and oxygen atoms in total. The van der Waals surface area contributed by atoms with Gasteiger partial charge in [0.25, 0.3) is 5.91 Å². The van der Waals surface area contributed by atoms with E-state index in [0.29, 0.717) is 5.56 Å². The number of hydrogen-bond acceptors (Lipinski definition) is 3. The molecule has 1 amide bonds. The highest BCUT2D eigenvalue weighted by Crippen LogP contribution is 2.11. The summed E-state index contributed by atoms with van der Waals surface area (Å²) < 4.78 is 10.4. The Balaban J connectivity index is 2.75. The van der Waals surface area contributed by atoms with Gasteiger partial charge in [-0.25, -0.2) is 0 Å². The molecule has 0 aliphatic rings. The van der Waals surface area contributed by atoms with Crippen LogP contribution in [0.2, 0.25) is 0 Å². The summed E-state index contributed by atoms with van der Waals surface area (Å²) in [6, 6.07) is 8.92. The van der Waals surface area contributed by atoms with E-state index in [1.165, 1.54) is 0 Å². The van der Waals surface area contributed by atoms with Crippen molar-refractivity contribution in [1.82, 2.24) is 5.32 Å². The van der Waals surface area contributed by atoms with Crippen LogP contribution >= 0.6 is 0 Å². The molecule has 0 fully saturated rings. The molecule has 1 atom stereocenters. The number of benzene rings is 1. The Morgan fingerprint density at radius 1 is 1.11 bits per heavy atom. The number of ether oxygens (including phenoxy) is 2. The summed E-state index contributed by atoms with van der Waals surface area (Å²) in [4.78, 5) is 12.1. The van der Waals surface area contributed by atoms with Crippen LogP contribution in [0.25, 0.3) is 0 Å². The van der Waals surface area contributed by atoms with Crippen LogP contribution in [0.5, 0.6) is 0 Å². The molecule has 0 saturated heterocycles. The molecule has 0 heterocycles. The predicted octanol–water partition coefficient (Wildman–Crippen LogP) is 2.06. The average Bonchev–Trinajstić information content (AvgIpc) is 2.39. The first-order chi connectivity index (χ1) is 8.60. The minimum Gasteiger partial charge on any atom is -0.354 e. The van der Waals surface area contributed by atoms with Crippen molar-refractivity contribution in [2.24, 2.45) is 5.92 Å². The smallest absolute Gasteiger partial charge is 0.251 e. The van der Waals surface area contributed by atoms with Crippen molar-refractivity contribution in [2.45, 2.75) is 26.2 Å². The SMILES string of the molecule is COC(OC)[C@@H](NC(=O)c1ccccc1)C(C)C. The third kappa shape index (κ3) is 3.82. The lowest BCUT2D eigenvalue weighted by molar-refractivity contribution is -0.128. The maximum absolute atomic E-state index is 12.1. The van der Waals surface area contributed by atoms with Crippen molar-refractivity contribution in [1.29, 1.82) is 0 Å². The normalized spacial score (nSPS) is 12.8. The fourth-order valence-corrected chi connectivity index (χ4v) is 1.76. The van der Waals surface area contributed by atoms with E-state index in [1.807, 2.05) is 32.0 Å². The summed E-state index contributed by atoms with van der Waals surface area (Å²) in [7, 11) is 3.14. The molecule has 0 saturated carbocycles. The van der Waals surface area contributed by atoms with Gasteiger partial charge in [-0.2, -0.15) is 0 Å². The van der Waals surface area contributed by atoms with Gasteiger partial charge in [-0.3, -0.25) is 4.79 Å². The van der Waals surface area contributed by atoms with E-state index in [2.05, 4.69) is 5.32 Å². The molecule has 100 valence electrons. The molecular weight excluding hydrogens is 230 g/mol. The van der Waals surface area contributed by atoms with Gasteiger partial charge in [-0.05, 0) is 18.1 Å². The maximum atomic E-state index is 12.1. The van der Waals surface area contributed by atoms with Crippen molar-refractivity contribution in [3.05, 3.63) is 35.9 Å². The Morgan fingerprint density at radius 2 is 1.67 bits per heavy atom. The average molecular weight is 251 g/mol. The standard InChI is InChI=1S/C14H21NO3/c1-10(2)12(14(17-3)18-4)15-13(16)11-8-6-5-7-9-11/h5-10,12,14H,1-4H3,(H,15,16)/t12-/m0/s1. The molecule has 0 radical (unpaired) electrons. The summed E-state index contributed by atoms with van der Waals surface area (Å²) >= 11 is 0.